The number of pyridine rings is 1. The van der Waals surface area contributed by atoms with Gasteiger partial charge in [0, 0.05) is 7.05 Å². The number of anilines is 2. The van der Waals surface area contributed by atoms with Crippen molar-refractivity contribution < 1.29 is 17.9 Å². The molecule has 1 atom stereocenters. The molecule has 1 amide bonds. The average Bonchev–Trinajstić information content (AvgIpc) is 3.22. The highest BCUT2D eigenvalue weighted by molar-refractivity contribution is 7.92. The van der Waals surface area contributed by atoms with Gasteiger partial charge in [-0.25, -0.2) is 27.9 Å². The van der Waals surface area contributed by atoms with E-state index in [-0.39, 0.29) is 11.0 Å². The lowest BCUT2D eigenvalue weighted by molar-refractivity contribution is 0.122. The van der Waals surface area contributed by atoms with Crippen molar-refractivity contribution in [2.24, 2.45) is 7.05 Å². The van der Waals surface area contributed by atoms with Gasteiger partial charge in [-0.1, -0.05) is 16.8 Å². The van der Waals surface area contributed by atoms with E-state index in [0.29, 0.717) is 27.6 Å². The number of aryl methyl sites for hydroxylation is 2. The molecule has 0 radical (unpaired) electrons. The Morgan fingerprint density at radius 2 is 2.10 bits per heavy atom. The van der Waals surface area contributed by atoms with Gasteiger partial charge < -0.3 is 4.74 Å². The Hall–Kier alpha value is -2.77. The third kappa shape index (κ3) is 5.04. The molecule has 0 aromatic carbocycles. The van der Waals surface area contributed by atoms with Gasteiger partial charge in [-0.05, 0) is 26.0 Å². The molecule has 0 aliphatic rings. The predicted molar refractivity (Wildman–Crippen MR) is 113 cm³/mol. The Kier molecular flexibility index (Phi) is 6.24. The van der Waals surface area contributed by atoms with E-state index in [1.807, 2.05) is 0 Å². The lowest BCUT2D eigenvalue weighted by Gasteiger charge is -2.13. The number of halogens is 1. The lowest BCUT2D eigenvalue weighted by atomic mass is 10.2. The minimum absolute atomic E-state index is 0.262. The fourth-order valence-corrected chi connectivity index (χ4v) is 4.19. The number of carbonyl (C=O) groups is 1. The highest BCUT2D eigenvalue weighted by Gasteiger charge is 2.21. The van der Waals surface area contributed by atoms with Gasteiger partial charge in [0.1, 0.15) is 11.3 Å². The van der Waals surface area contributed by atoms with E-state index in [4.69, 9.17) is 16.3 Å². The number of ether oxygens (including phenoxy) is 1. The molecule has 0 saturated carbocycles. The van der Waals surface area contributed by atoms with Crippen LogP contribution in [-0.4, -0.2) is 45.7 Å². The summed E-state index contributed by atoms with van der Waals surface area (Å²) in [5.41, 5.74) is 3.04. The van der Waals surface area contributed by atoms with E-state index in [1.54, 1.807) is 38.5 Å². The second-order valence-electron chi connectivity index (χ2n) is 6.29. The number of sulfonamides is 1. The highest BCUT2D eigenvalue weighted by Crippen LogP contribution is 2.30. The van der Waals surface area contributed by atoms with Crippen molar-refractivity contribution in [3.05, 3.63) is 33.4 Å². The van der Waals surface area contributed by atoms with Crippen LogP contribution in [0.15, 0.2) is 17.6 Å². The average molecular weight is 472 g/mol. The normalized spacial score (nSPS) is 12.4. The Morgan fingerprint density at radius 3 is 2.70 bits per heavy atom. The summed E-state index contributed by atoms with van der Waals surface area (Å²) in [5.74, 6) is 0.262. The standard InChI is InChI=1S/C16H18ClN7O4S2/c1-8-10(22-30(4,26)27)5-6-11(19-8)12-15(24(3)23-21-12)20-16(25)28-9(2)13-14(17)18-7-29-13/h5-7,9,22H,1-4H3,(H,20,25)/t9-/m1/s1. The number of aromatic nitrogens is 5. The summed E-state index contributed by atoms with van der Waals surface area (Å²) in [6, 6.07) is 3.13. The third-order valence-corrected chi connectivity index (χ3v) is 5.87. The summed E-state index contributed by atoms with van der Waals surface area (Å²) in [5, 5.41) is 10.8. The van der Waals surface area contributed by atoms with Crippen molar-refractivity contribution in [2.75, 3.05) is 16.3 Å². The molecule has 3 aromatic heterocycles. The van der Waals surface area contributed by atoms with E-state index in [0.717, 1.165) is 6.26 Å². The van der Waals surface area contributed by atoms with Crippen LogP contribution in [-0.2, 0) is 21.8 Å². The van der Waals surface area contributed by atoms with Crippen molar-refractivity contribution in [3.8, 4) is 11.4 Å². The van der Waals surface area contributed by atoms with Gasteiger partial charge >= 0.3 is 6.09 Å². The topological polar surface area (TPSA) is 141 Å². The van der Waals surface area contributed by atoms with Crippen LogP contribution in [0.5, 0.6) is 0 Å². The summed E-state index contributed by atoms with van der Waals surface area (Å²) in [6.45, 7) is 3.33. The Labute approximate surface area is 181 Å². The lowest BCUT2D eigenvalue weighted by Crippen LogP contribution is -2.18. The number of carbonyl (C=O) groups excluding carboxylic acids is 1. The van der Waals surface area contributed by atoms with E-state index < -0.39 is 22.2 Å². The van der Waals surface area contributed by atoms with Crippen LogP contribution in [0.3, 0.4) is 0 Å². The molecule has 160 valence electrons. The number of rotatable bonds is 6. The first-order chi connectivity index (χ1) is 14.0. The van der Waals surface area contributed by atoms with Gasteiger partial charge in [-0.2, -0.15) is 0 Å². The van der Waals surface area contributed by atoms with Crippen LogP contribution in [0, 0.1) is 6.92 Å². The molecular formula is C16H18ClN7O4S2. The van der Waals surface area contributed by atoms with Gasteiger partial charge in [0.2, 0.25) is 10.0 Å². The zero-order valence-electron chi connectivity index (χ0n) is 16.4. The van der Waals surface area contributed by atoms with Crippen molar-refractivity contribution >= 4 is 50.6 Å². The molecule has 0 aliphatic carbocycles. The zero-order valence-corrected chi connectivity index (χ0v) is 18.8. The SMILES string of the molecule is Cc1nc(-c2nnn(C)c2NC(=O)O[C@H](C)c2scnc2Cl)ccc1NS(C)(=O)=O. The number of hydrogen-bond acceptors (Lipinski definition) is 9. The van der Waals surface area contributed by atoms with Crippen molar-refractivity contribution in [2.45, 2.75) is 20.0 Å². The smallest absolute Gasteiger partial charge is 0.413 e. The van der Waals surface area contributed by atoms with Gasteiger partial charge in [0.05, 0.1) is 33.7 Å². The second-order valence-corrected chi connectivity index (χ2v) is 9.29. The van der Waals surface area contributed by atoms with Crippen molar-refractivity contribution in [1.82, 2.24) is 25.0 Å². The second kappa shape index (κ2) is 8.53. The molecule has 3 heterocycles. The Balaban J connectivity index is 1.80. The summed E-state index contributed by atoms with van der Waals surface area (Å²) in [4.78, 5) is 21.3. The maximum atomic E-state index is 12.4. The largest absolute Gasteiger partial charge is 0.440 e. The quantitative estimate of drug-likeness (QED) is 0.558. The molecule has 2 N–H and O–H groups in total. The number of amides is 1. The van der Waals surface area contributed by atoms with Crippen LogP contribution >= 0.6 is 22.9 Å². The highest BCUT2D eigenvalue weighted by atomic mass is 35.5. The minimum atomic E-state index is -3.44. The summed E-state index contributed by atoms with van der Waals surface area (Å²) in [6.07, 6.45) is -0.279. The van der Waals surface area contributed by atoms with Crippen LogP contribution < -0.4 is 10.0 Å². The van der Waals surface area contributed by atoms with E-state index in [1.165, 1.54) is 16.0 Å². The molecule has 14 heteroatoms. The summed E-state index contributed by atoms with van der Waals surface area (Å²) >= 11 is 7.25. The number of thiazole rings is 1. The van der Waals surface area contributed by atoms with E-state index in [9.17, 15) is 13.2 Å². The molecule has 11 nitrogen and oxygen atoms in total. The number of nitrogens with one attached hydrogen (secondary N) is 2. The van der Waals surface area contributed by atoms with Crippen LogP contribution in [0.2, 0.25) is 5.15 Å². The molecule has 0 fully saturated rings. The first-order valence-electron chi connectivity index (χ1n) is 8.47. The molecule has 0 bridgehead atoms. The molecule has 3 rings (SSSR count). The summed E-state index contributed by atoms with van der Waals surface area (Å²) < 4.78 is 32.0. The van der Waals surface area contributed by atoms with E-state index >= 15 is 0 Å². The van der Waals surface area contributed by atoms with Gasteiger partial charge in [0.25, 0.3) is 0 Å². The molecule has 0 spiro atoms. The third-order valence-electron chi connectivity index (χ3n) is 3.87. The molecular weight excluding hydrogens is 454 g/mol. The Morgan fingerprint density at radius 1 is 1.37 bits per heavy atom. The fourth-order valence-electron chi connectivity index (χ4n) is 2.52. The zero-order chi connectivity index (χ0) is 22.1. The molecule has 0 unspecified atom stereocenters. The van der Waals surface area contributed by atoms with Gasteiger partial charge in [-0.15, -0.1) is 16.4 Å². The predicted octanol–water partition coefficient (Wildman–Crippen LogP) is 2.98. The van der Waals surface area contributed by atoms with Crippen molar-refractivity contribution in [3.63, 3.8) is 0 Å². The van der Waals surface area contributed by atoms with Gasteiger partial charge in [-0.3, -0.25) is 10.0 Å². The molecule has 0 aliphatic heterocycles. The van der Waals surface area contributed by atoms with Crippen LogP contribution in [0.25, 0.3) is 11.4 Å². The monoisotopic (exact) mass is 471 g/mol. The molecule has 0 saturated heterocycles. The summed E-state index contributed by atoms with van der Waals surface area (Å²) in [7, 11) is -1.84. The molecule has 30 heavy (non-hydrogen) atoms. The first-order valence-corrected chi connectivity index (χ1v) is 11.6. The number of nitrogens with zero attached hydrogens (tertiary/aromatic N) is 5. The maximum Gasteiger partial charge on any atom is 0.413 e. The minimum Gasteiger partial charge on any atom is -0.440 e. The van der Waals surface area contributed by atoms with Crippen LogP contribution in [0.4, 0.5) is 16.3 Å². The Bertz CT molecular complexity index is 1190. The van der Waals surface area contributed by atoms with E-state index in [2.05, 4.69) is 30.3 Å². The first kappa shape index (κ1) is 21.9. The maximum absolute atomic E-state index is 12.4. The number of hydrogen-bond donors (Lipinski definition) is 2. The van der Waals surface area contributed by atoms with Crippen LogP contribution in [0.1, 0.15) is 23.6 Å². The fraction of sp³-hybridized carbons (Fsp3) is 0.312. The molecule has 3 aromatic rings. The van der Waals surface area contributed by atoms with Gasteiger partial charge in [0.15, 0.2) is 11.5 Å². The van der Waals surface area contributed by atoms with Crippen molar-refractivity contribution in [1.29, 1.82) is 0 Å².